The summed E-state index contributed by atoms with van der Waals surface area (Å²) in [6.45, 7) is 5.24. The first-order chi connectivity index (χ1) is 8.82. The molecular formula is C13H20FNO3S. The normalized spacial score (nSPS) is 13.3. The van der Waals surface area contributed by atoms with Gasteiger partial charge in [0.2, 0.25) is 0 Å². The third kappa shape index (κ3) is 5.57. The Balaban J connectivity index is 2.71. The number of hydrogen-bond donors (Lipinski definition) is 1. The van der Waals surface area contributed by atoms with Crippen LogP contribution in [-0.4, -0.2) is 33.9 Å². The summed E-state index contributed by atoms with van der Waals surface area (Å²) in [7, 11) is -3.44. The van der Waals surface area contributed by atoms with Crippen LogP contribution in [0, 0.1) is 5.82 Å². The summed E-state index contributed by atoms with van der Waals surface area (Å²) in [6, 6.07) is 3.62. The van der Waals surface area contributed by atoms with E-state index < -0.39 is 15.7 Å². The maximum Gasteiger partial charge on any atom is 0.175 e. The Morgan fingerprint density at radius 1 is 1.37 bits per heavy atom. The van der Waals surface area contributed by atoms with E-state index in [-0.39, 0.29) is 16.7 Å². The Morgan fingerprint density at radius 2 is 2.05 bits per heavy atom. The van der Waals surface area contributed by atoms with Crippen LogP contribution in [0.25, 0.3) is 0 Å². The molecule has 1 atom stereocenters. The van der Waals surface area contributed by atoms with Crippen molar-refractivity contribution in [3.8, 4) is 5.75 Å². The molecule has 6 heteroatoms. The van der Waals surface area contributed by atoms with E-state index in [1.807, 2.05) is 6.92 Å². The zero-order valence-corrected chi connectivity index (χ0v) is 12.3. The predicted octanol–water partition coefficient (Wildman–Crippen LogP) is 2.00. The molecule has 1 aromatic carbocycles. The van der Waals surface area contributed by atoms with Crippen molar-refractivity contribution in [1.82, 2.24) is 5.32 Å². The van der Waals surface area contributed by atoms with Crippen molar-refractivity contribution in [3.63, 3.8) is 0 Å². The molecule has 1 N–H and O–H groups in total. The second-order valence-electron chi connectivity index (χ2n) is 4.56. The Kier molecular flexibility index (Phi) is 5.75. The van der Waals surface area contributed by atoms with Gasteiger partial charge in [0.05, 0.1) is 4.90 Å². The van der Waals surface area contributed by atoms with Gasteiger partial charge >= 0.3 is 0 Å². The molecule has 0 amide bonds. The van der Waals surface area contributed by atoms with Gasteiger partial charge in [0.25, 0.3) is 0 Å². The van der Waals surface area contributed by atoms with Crippen molar-refractivity contribution >= 4 is 9.84 Å². The fourth-order valence-corrected chi connectivity index (χ4v) is 2.16. The molecule has 0 spiro atoms. The molecular weight excluding hydrogens is 269 g/mol. The molecule has 19 heavy (non-hydrogen) atoms. The van der Waals surface area contributed by atoms with E-state index in [1.54, 1.807) is 0 Å². The number of hydrogen-bond acceptors (Lipinski definition) is 4. The summed E-state index contributed by atoms with van der Waals surface area (Å²) < 4.78 is 41.5. The summed E-state index contributed by atoms with van der Waals surface area (Å²) >= 11 is 0. The maximum atomic E-state index is 13.3. The van der Waals surface area contributed by atoms with Crippen LogP contribution in [0.15, 0.2) is 23.1 Å². The Morgan fingerprint density at radius 3 is 2.63 bits per heavy atom. The monoisotopic (exact) mass is 289 g/mol. The third-order valence-corrected chi connectivity index (χ3v) is 3.61. The lowest BCUT2D eigenvalue weighted by atomic mass is 10.3. The molecule has 0 saturated heterocycles. The van der Waals surface area contributed by atoms with Gasteiger partial charge in [-0.05, 0) is 32.0 Å². The Hall–Kier alpha value is -1.14. The van der Waals surface area contributed by atoms with Crippen LogP contribution in [0.1, 0.15) is 20.3 Å². The summed E-state index contributed by atoms with van der Waals surface area (Å²) in [4.78, 5) is -0.0725. The molecule has 0 aromatic heterocycles. The highest BCUT2D eigenvalue weighted by Crippen LogP contribution is 2.20. The first-order valence-corrected chi connectivity index (χ1v) is 8.09. The molecule has 1 aromatic rings. The van der Waals surface area contributed by atoms with Crippen LogP contribution in [0.2, 0.25) is 0 Å². The molecule has 0 fully saturated rings. The summed E-state index contributed by atoms with van der Waals surface area (Å²) in [5.74, 6) is -0.391. The molecule has 0 saturated carbocycles. The highest BCUT2D eigenvalue weighted by atomic mass is 32.2. The topological polar surface area (TPSA) is 55.4 Å². The molecule has 0 aliphatic heterocycles. The quantitative estimate of drug-likeness (QED) is 0.834. The minimum atomic E-state index is -3.44. The number of ether oxygens (including phenoxy) is 1. The number of nitrogens with one attached hydrogen (secondary N) is 1. The SMILES string of the molecule is CCCNC(C)COc1cc(F)cc(S(C)(=O)=O)c1. The van der Waals surface area contributed by atoms with E-state index in [0.717, 1.165) is 25.3 Å². The van der Waals surface area contributed by atoms with Gasteiger partial charge in [0.1, 0.15) is 18.2 Å². The van der Waals surface area contributed by atoms with Gasteiger partial charge in [0.15, 0.2) is 9.84 Å². The van der Waals surface area contributed by atoms with Crippen molar-refractivity contribution in [2.24, 2.45) is 0 Å². The van der Waals surface area contributed by atoms with Crippen LogP contribution in [0.5, 0.6) is 5.75 Å². The third-order valence-electron chi connectivity index (χ3n) is 2.52. The Bertz CT molecular complexity index is 517. The van der Waals surface area contributed by atoms with Gasteiger partial charge in [-0.1, -0.05) is 6.92 Å². The van der Waals surface area contributed by atoms with E-state index in [4.69, 9.17) is 4.74 Å². The van der Waals surface area contributed by atoms with Gasteiger partial charge in [-0.2, -0.15) is 0 Å². The average Bonchev–Trinajstić information content (AvgIpc) is 2.32. The maximum absolute atomic E-state index is 13.3. The Labute approximate surface area is 113 Å². The minimum Gasteiger partial charge on any atom is -0.492 e. The van der Waals surface area contributed by atoms with Crippen molar-refractivity contribution in [2.45, 2.75) is 31.2 Å². The van der Waals surface area contributed by atoms with Gasteiger partial charge in [-0.15, -0.1) is 0 Å². The van der Waals surface area contributed by atoms with E-state index in [0.29, 0.717) is 6.61 Å². The minimum absolute atomic E-state index is 0.0725. The second kappa shape index (κ2) is 6.86. The van der Waals surface area contributed by atoms with Gasteiger partial charge in [0, 0.05) is 18.4 Å². The summed E-state index contributed by atoms with van der Waals surface area (Å²) in [5.41, 5.74) is 0. The number of rotatable bonds is 7. The molecule has 0 aliphatic carbocycles. The highest BCUT2D eigenvalue weighted by Gasteiger charge is 2.11. The van der Waals surface area contributed by atoms with Crippen molar-refractivity contribution in [2.75, 3.05) is 19.4 Å². The fraction of sp³-hybridized carbons (Fsp3) is 0.538. The van der Waals surface area contributed by atoms with Crippen molar-refractivity contribution < 1.29 is 17.5 Å². The lowest BCUT2D eigenvalue weighted by molar-refractivity contribution is 0.272. The van der Waals surface area contributed by atoms with Gasteiger partial charge in [-0.25, -0.2) is 12.8 Å². The number of sulfone groups is 1. The summed E-state index contributed by atoms with van der Waals surface area (Å²) in [5, 5.41) is 3.22. The van der Waals surface area contributed by atoms with E-state index in [1.165, 1.54) is 12.1 Å². The molecule has 0 bridgehead atoms. The number of halogens is 1. The molecule has 0 aliphatic rings. The van der Waals surface area contributed by atoms with Gasteiger partial charge < -0.3 is 10.1 Å². The first kappa shape index (κ1) is 15.9. The van der Waals surface area contributed by atoms with Crippen LogP contribution in [-0.2, 0) is 9.84 Å². The lowest BCUT2D eigenvalue weighted by Gasteiger charge is -2.14. The smallest absolute Gasteiger partial charge is 0.175 e. The predicted molar refractivity (Wildman–Crippen MR) is 72.8 cm³/mol. The van der Waals surface area contributed by atoms with Crippen LogP contribution < -0.4 is 10.1 Å². The zero-order valence-electron chi connectivity index (χ0n) is 11.4. The zero-order chi connectivity index (χ0) is 14.5. The van der Waals surface area contributed by atoms with Crippen molar-refractivity contribution in [1.29, 1.82) is 0 Å². The average molecular weight is 289 g/mol. The second-order valence-corrected chi connectivity index (χ2v) is 6.58. The first-order valence-electron chi connectivity index (χ1n) is 6.19. The molecule has 1 unspecified atom stereocenters. The lowest BCUT2D eigenvalue weighted by Crippen LogP contribution is -2.32. The van der Waals surface area contributed by atoms with Crippen LogP contribution >= 0.6 is 0 Å². The van der Waals surface area contributed by atoms with Crippen molar-refractivity contribution in [3.05, 3.63) is 24.0 Å². The van der Waals surface area contributed by atoms with Crippen LogP contribution in [0.3, 0.4) is 0 Å². The molecule has 1 rings (SSSR count). The molecule has 108 valence electrons. The largest absolute Gasteiger partial charge is 0.492 e. The fourth-order valence-electron chi connectivity index (χ4n) is 1.51. The van der Waals surface area contributed by atoms with Crippen LogP contribution in [0.4, 0.5) is 4.39 Å². The molecule has 4 nitrogen and oxygen atoms in total. The van der Waals surface area contributed by atoms with E-state index >= 15 is 0 Å². The standard InChI is InChI=1S/C13H20FNO3S/c1-4-5-15-10(2)9-18-12-6-11(14)7-13(8-12)19(3,16)17/h6-8,10,15H,4-5,9H2,1-3H3. The van der Waals surface area contributed by atoms with E-state index in [2.05, 4.69) is 12.2 Å². The van der Waals surface area contributed by atoms with Gasteiger partial charge in [-0.3, -0.25) is 0 Å². The highest BCUT2D eigenvalue weighted by molar-refractivity contribution is 7.90. The summed E-state index contributed by atoms with van der Waals surface area (Å²) in [6.07, 6.45) is 2.06. The molecule has 0 radical (unpaired) electrons. The molecule has 0 heterocycles. The number of benzene rings is 1. The van der Waals surface area contributed by atoms with E-state index in [9.17, 15) is 12.8 Å².